The van der Waals surface area contributed by atoms with Gasteiger partial charge in [0.1, 0.15) is 0 Å². The summed E-state index contributed by atoms with van der Waals surface area (Å²) in [5.74, 6) is -0.886. The molecule has 0 atom stereocenters. The van der Waals surface area contributed by atoms with Crippen LogP contribution in [-0.2, 0) is 0 Å². The number of carbonyl (C=O) groups is 2. The number of benzene rings is 2. The van der Waals surface area contributed by atoms with E-state index in [0.717, 1.165) is 10.2 Å². The van der Waals surface area contributed by atoms with E-state index in [1.165, 1.54) is 0 Å². The molecule has 1 aliphatic rings. The molecule has 0 aliphatic carbocycles. The van der Waals surface area contributed by atoms with Crippen molar-refractivity contribution < 1.29 is 14.6 Å². The van der Waals surface area contributed by atoms with Crippen molar-refractivity contribution in [2.45, 2.75) is 0 Å². The van der Waals surface area contributed by atoms with Crippen LogP contribution in [0.25, 0.3) is 10.8 Å². The van der Waals surface area contributed by atoms with Crippen molar-refractivity contribution in [3.63, 3.8) is 0 Å². The van der Waals surface area contributed by atoms with E-state index in [2.05, 4.69) is 0 Å². The number of carbonyl (C=O) groups excluding carboxylic acids is 2. The number of hydrogen-bond acceptors (Lipinski definition) is 3. The number of rotatable bonds is 1. The molecule has 3 rings (SSSR count). The largest absolute Gasteiger partial charge is 0.435 e. The van der Waals surface area contributed by atoms with E-state index < -0.39 is 19.4 Å². The van der Waals surface area contributed by atoms with E-state index in [-0.39, 0.29) is 0 Å². The van der Waals surface area contributed by atoms with Crippen molar-refractivity contribution in [1.29, 1.82) is 0 Å². The summed E-state index contributed by atoms with van der Waals surface area (Å²) in [6.45, 7) is 0. The van der Waals surface area contributed by atoms with Gasteiger partial charge in [0.15, 0.2) is 0 Å². The summed E-state index contributed by atoms with van der Waals surface area (Å²) in [6.07, 6.45) is 0. The van der Waals surface area contributed by atoms with E-state index in [4.69, 9.17) is 5.02 Å². The fourth-order valence-electron chi connectivity index (χ4n) is 2.21. The molecule has 0 saturated carbocycles. The number of hydrogen-bond donors (Lipinski definition) is 1. The average Bonchev–Trinajstić information content (AvgIpc) is 2.36. The van der Waals surface area contributed by atoms with Crippen LogP contribution in [0.2, 0.25) is 0 Å². The molecule has 0 unspecified atom stereocenters. The van der Waals surface area contributed by atoms with Crippen LogP contribution < -0.4 is 0 Å². The Morgan fingerprint density at radius 2 is 1.47 bits per heavy atom. The SMILES string of the molecule is O=C1c2cccc3cccc(c23)C(=O)N1BO. The molecule has 1 heterocycles. The summed E-state index contributed by atoms with van der Waals surface area (Å²) >= 11 is 0. The van der Waals surface area contributed by atoms with Gasteiger partial charge in [-0.25, -0.2) is 0 Å². The molecule has 0 fully saturated rings. The van der Waals surface area contributed by atoms with Gasteiger partial charge >= 0.3 is 7.62 Å². The third-order valence-corrected chi connectivity index (χ3v) is 3.00. The van der Waals surface area contributed by atoms with Gasteiger partial charge in [-0.3, -0.25) is 14.4 Å². The van der Waals surface area contributed by atoms with Gasteiger partial charge in [-0.15, -0.1) is 0 Å². The minimum absolute atomic E-state index is 0.443. The minimum atomic E-state index is -0.595. The van der Waals surface area contributed by atoms with Gasteiger partial charge in [0.25, 0.3) is 11.8 Å². The summed E-state index contributed by atoms with van der Waals surface area (Å²) < 4.78 is 0. The minimum Gasteiger partial charge on any atom is -0.435 e. The molecule has 2 aromatic rings. The molecule has 2 aromatic carbocycles. The second-order valence-corrected chi connectivity index (χ2v) is 3.89. The normalized spacial score (nSPS) is 14.3. The van der Waals surface area contributed by atoms with E-state index >= 15 is 0 Å². The zero-order chi connectivity index (χ0) is 12.0. The van der Waals surface area contributed by atoms with Crippen LogP contribution in [0, 0.1) is 0 Å². The van der Waals surface area contributed by atoms with Crippen molar-refractivity contribution in [3.05, 3.63) is 47.5 Å². The van der Waals surface area contributed by atoms with Gasteiger partial charge < -0.3 is 5.02 Å². The first kappa shape index (κ1) is 10.0. The summed E-state index contributed by atoms with van der Waals surface area (Å²) in [4.78, 5) is 24.8. The lowest BCUT2D eigenvalue weighted by atomic mass is 9.91. The van der Waals surface area contributed by atoms with Crippen molar-refractivity contribution in [2.75, 3.05) is 0 Å². The molecule has 4 nitrogen and oxygen atoms in total. The Morgan fingerprint density at radius 1 is 0.941 bits per heavy atom. The topological polar surface area (TPSA) is 57.6 Å². The molecule has 17 heavy (non-hydrogen) atoms. The molecule has 0 bridgehead atoms. The Hall–Kier alpha value is -2.14. The Morgan fingerprint density at radius 3 is 1.94 bits per heavy atom. The molecule has 2 amide bonds. The lowest BCUT2D eigenvalue weighted by Crippen LogP contribution is -2.42. The fourth-order valence-corrected chi connectivity index (χ4v) is 2.21. The quantitative estimate of drug-likeness (QED) is 0.573. The first-order valence-corrected chi connectivity index (χ1v) is 5.23. The second-order valence-electron chi connectivity index (χ2n) is 3.89. The fraction of sp³-hybridized carbons (Fsp3) is 0. The lowest BCUT2D eigenvalue weighted by molar-refractivity contribution is 0.0710. The molecule has 1 N–H and O–H groups in total. The summed E-state index contributed by atoms with van der Waals surface area (Å²) in [5, 5.41) is 10.6. The second kappa shape index (κ2) is 3.43. The highest BCUT2D eigenvalue weighted by atomic mass is 16.2. The molecule has 0 aromatic heterocycles. The molecule has 1 aliphatic heterocycles. The Kier molecular flexibility index (Phi) is 2.03. The molecular weight excluding hydrogens is 217 g/mol. The van der Waals surface area contributed by atoms with Crippen LogP contribution in [0.1, 0.15) is 20.7 Å². The molecule has 0 spiro atoms. The molecule has 82 valence electrons. The highest BCUT2D eigenvalue weighted by Gasteiger charge is 2.32. The van der Waals surface area contributed by atoms with Gasteiger partial charge in [-0.05, 0) is 17.5 Å². The zero-order valence-electron chi connectivity index (χ0n) is 8.88. The Labute approximate surface area is 97.8 Å². The summed E-state index contributed by atoms with van der Waals surface area (Å²) in [7, 11) is -0.595. The average molecular weight is 225 g/mol. The first-order chi connectivity index (χ1) is 8.24. The Balaban J connectivity index is 2.43. The van der Waals surface area contributed by atoms with Crippen LogP contribution in [-0.4, -0.2) is 29.3 Å². The zero-order valence-corrected chi connectivity index (χ0v) is 8.88. The van der Waals surface area contributed by atoms with Crippen molar-refractivity contribution in [1.82, 2.24) is 4.81 Å². The van der Waals surface area contributed by atoms with Crippen LogP contribution in [0.5, 0.6) is 0 Å². The van der Waals surface area contributed by atoms with Crippen molar-refractivity contribution in [2.24, 2.45) is 0 Å². The monoisotopic (exact) mass is 225 g/mol. The molecule has 0 saturated heterocycles. The predicted molar refractivity (Wildman–Crippen MR) is 63.8 cm³/mol. The van der Waals surface area contributed by atoms with Gasteiger partial charge in [0.2, 0.25) is 0 Å². The summed E-state index contributed by atoms with van der Waals surface area (Å²) in [5.41, 5.74) is 0.929. The van der Waals surface area contributed by atoms with Gasteiger partial charge in [-0.1, -0.05) is 24.3 Å². The van der Waals surface area contributed by atoms with Crippen molar-refractivity contribution in [3.8, 4) is 0 Å². The number of imide groups is 1. The smallest absolute Gasteiger partial charge is 0.404 e. The van der Waals surface area contributed by atoms with Crippen LogP contribution in [0.15, 0.2) is 36.4 Å². The third-order valence-electron chi connectivity index (χ3n) is 3.00. The van der Waals surface area contributed by atoms with E-state index in [9.17, 15) is 9.59 Å². The third kappa shape index (κ3) is 1.23. The predicted octanol–water partition coefficient (Wildman–Crippen LogP) is 0.695. The van der Waals surface area contributed by atoms with Crippen LogP contribution in [0.4, 0.5) is 0 Å². The highest BCUT2D eigenvalue weighted by molar-refractivity contribution is 6.43. The summed E-state index contributed by atoms with van der Waals surface area (Å²) in [6, 6.07) is 10.6. The molecule has 5 heteroatoms. The highest BCUT2D eigenvalue weighted by Crippen LogP contribution is 2.29. The molecular formula is C12H8BNO3. The molecule has 0 radical (unpaired) electrons. The first-order valence-electron chi connectivity index (χ1n) is 5.23. The van der Waals surface area contributed by atoms with Gasteiger partial charge in [-0.2, -0.15) is 0 Å². The van der Waals surface area contributed by atoms with Crippen molar-refractivity contribution >= 4 is 30.2 Å². The number of amides is 2. The number of nitrogens with zero attached hydrogens (tertiary/aromatic N) is 1. The standard InChI is InChI=1S/C12H8BNO3/c15-11-8-5-1-3-7-4-2-6-9(10(7)8)12(16)14(11)13-17/h1-6,13,17H. The van der Waals surface area contributed by atoms with E-state index in [0.29, 0.717) is 16.5 Å². The lowest BCUT2D eigenvalue weighted by Gasteiger charge is -2.24. The van der Waals surface area contributed by atoms with Gasteiger partial charge in [0.05, 0.1) is 0 Å². The van der Waals surface area contributed by atoms with E-state index in [1.54, 1.807) is 24.3 Å². The maximum absolute atomic E-state index is 12.0. The van der Waals surface area contributed by atoms with Gasteiger partial charge in [0, 0.05) is 16.5 Å². The van der Waals surface area contributed by atoms with Crippen LogP contribution in [0.3, 0.4) is 0 Å². The van der Waals surface area contributed by atoms with E-state index in [1.807, 2.05) is 12.1 Å². The Bertz CT molecular complexity index is 602. The maximum Gasteiger partial charge on any atom is 0.404 e. The van der Waals surface area contributed by atoms with Crippen LogP contribution >= 0.6 is 0 Å². The maximum atomic E-state index is 12.0.